The lowest BCUT2D eigenvalue weighted by Gasteiger charge is -2.36. The number of halogens is 1. The van der Waals surface area contributed by atoms with Crippen molar-refractivity contribution in [3.8, 4) is 0 Å². The number of alkyl halides is 1. The first kappa shape index (κ1) is 9.70. The first-order valence-corrected chi connectivity index (χ1v) is 6.25. The second kappa shape index (κ2) is 3.72. The van der Waals surface area contributed by atoms with Crippen LogP contribution in [0.5, 0.6) is 0 Å². The molecule has 2 rings (SSSR count). The molecule has 13 heavy (non-hydrogen) atoms. The van der Waals surface area contributed by atoms with Crippen molar-refractivity contribution >= 4 is 21.7 Å². The summed E-state index contributed by atoms with van der Waals surface area (Å²) in [5.74, 6) is 0.895. The first-order chi connectivity index (χ1) is 6.22. The van der Waals surface area contributed by atoms with Crippen LogP contribution < -0.4 is 0 Å². The Hall–Kier alpha value is 0.150. The van der Waals surface area contributed by atoms with Gasteiger partial charge in [-0.25, -0.2) is 0 Å². The average molecular weight is 245 g/mol. The molecule has 0 amide bonds. The fraction of sp³-hybridized carbons (Fsp3) is 0.909. The molecule has 0 aromatic heterocycles. The van der Waals surface area contributed by atoms with E-state index in [1.807, 2.05) is 0 Å². The lowest BCUT2D eigenvalue weighted by atomic mass is 9.74. The van der Waals surface area contributed by atoms with Crippen LogP contribution in [0.1, 0.15) is 51.4 Å². The van der Waals surface area contributed by atoms with Gasteiger partial charge in [-0.15, -0.1) is 0 Å². The van der Waals surface area contributed by atoms with Gasteiger partial charge in [-0.05, 0) is 25.7 Å². The number of hydrogen-bond acceptors (Lipinski definition) is 1. The van der Waals surface area contributed by atoms with Crippen molar-refractivity contribution in [3.05, 3.63) is 0 Å². The van der Waals surface area contributed by atoms with Gasteiger partial charge < -0.3 is 0 Å². The van der Waals surface area contributed by atoms with E-state index in [4.69, 9.17) is 0 Å². The van der Waals surface area contributed by atoms with E-state index < -0.39 is 0 Å². The molecule has 0 radical (unpaired) electrons. The number of carbonyl (C=O) groups is 1. The van der Waals surface area contributed by atoms with Crippen LogP contribution in [-0.4, -0.2) is 10.1 Å². The largest absolute Gasteiger partial charge is 0.298 e. The Morgan fingerprint density at radius 1 is 1.08 bits per heavy atom. The smallest absolute Gasteiger partial charge is 0.152 e. The van der Waals surface area contributed by atoms with Gasteiger partial charge in [0.15, 0.2) is 5.78 Å². The maximum absolute atomic E-state index is 12.1. The zero-order valence-electron chi connectivity index (χ0n) is 8.02. The zero-order valence-corrected chi connectivity index (χ0v) is 9.61. The van der Waals surface area contributed by atoms with Crippen molar-refractivity contribution in [3.63, 3.8) is 0 Å². The Morgan fingerprint density at radius 3 is 2.62 bits per heavy atom. The minimum absolute atomic E-state index is 0.115. The summed E-state index contributed by atoms with van der Waals surface area (Å²) in [4.78, 5) is 12.1. The van der Waals surface area contributed by atoms with Crippen LogP contribution >= 0.6 is 15.9 Å². The highest BCUT2D eigenvalue weighted by atomic mass is 79.9. The van der Waals surface area contributed by atoms with Gasteiger partial charge >= 0.3 is 0 Å². The molecule has 0 N–H and O–H groups in total. The number of Topliss-reactive ketones (excluding diaryl/α,β-unsaturated/α-hetero) is 1. The normalized spacial score (nSPS) is 41.0. The number of hydrogen-bond donors (Lipinski definition) is 0. The van der Waals surface area contributed by atoms with Crippen LogP contribution in [0.2, 0.25) is 0 Å². The van der Waals surface area contributed by atoms with Crippen molar-refractivity contribution < 1.29 is 4.79 Å². The van der Waals surface area contributed by atoms with E-state index in [0.29, 0.717) is 11.7 Å². The third kappa shape index (κ3) is 1.83. The summed E-state index contributed by atoms with van der Waals surface area (Å²) in [7, 11) is 0. The molecule has 2 saturated carbocycles. The predicted octanol–water partition coefficient (Wildman–Crippen LogP) is 3.45. The molecule has 2 aliphatic carbocycles. The van der Waals surface area contributed by atoms with Crippen LogP contribution in [0.4, 0.5) is 0 Å². The minimum atomic E-state index is -0.115. The third-order valence-corrected chi connectivity index (χ3v) is 4.75. The molecule has 2 unspecified atom stereocenters. The molecule has 0 saturated heterocycles. The van der Waals surface area contributed by atoms with Crippen molar-refractivity contribution in [2.45, 2.75) is 55.7 Å². The topological polar surface area (TPSA) is 17.1 Å². The van der Waals surface area contributed by atoms with Crippen molar-refractivity contribution in [1.82, 2.24) is 0 Å². The number of fused-ring (bicyclic) bond motifs is 2. The van der Waals surface area contributed by atoms with E-state index in [1.54, 1.807) is 0 Å². The molecule has 74 valence electrons. The second-order valence-electron chi connectivity index (χ2n) is 4.52. The van der Waals surface area contributed by atoms with Crippen molar-refractivity contribution in [2.24, 2.45) is 5.92 Å². The van der Waals surface area contributed by atoms with Crippen LogP contribution in [0.15, 0.2) is 0 Å². The van der Waals surface area contributed by atoms with Crippen LogP contribution in [0.25, 0.3) is 0 Å². The fourth-order valence-corrected chi connectivity index (χ4v) is 3.63. The van der Waals surface area contributed by atoms with Crippen LogP contribution in [0.3, 0.4) is 0 Å². The molecule has 1 nitrogen and oxygen atoms in total. The Labute approximate surface area is 88.4 Å². The number of ketones is 1. The van der Waals surface area contributed by atoms with Gasteiger partial charge in [-0.3, -0.25) is 4.79 Å². The maximum atomic E-state index is 12.1. The van der Waals surface area contributed by atoms with Crippen LogP contribution in [-0.2, 0) is 4.79 Å². The zero-order chi connectivity index (χ0) is 9.31. The molecule has 0 spiro atoms. The monoisotopic (exact) mass is 244 g/mol. The number of rotatable bonds is 0. The van der Waals surface area contributed by atoms with E-state index in [0.717, 1.165) is 25.7 Å². The standard InChI is InChI=1S/C11H17BrO/c12-11-7-3-1-2-5-9(10(11)13)6-4-8-11/h9H,1-8H2. The maximum Gasteiger partial charge on any atom is 0.152 e. The highest BCUT2D eigenvalue weighted by molar-refractivity contribution is 9.10. The minimum Gasteiger partial charge on any atom is -0.298 e. The summed E-state index contributed by atoms with van der Waals surface area (Å²) in [6.07, 6.45) is 9.48. The predicted molar refractivity (Wildman–Crippen MR) is 57.1 cm³/mol. The Morgan fingerprint density at radius 2 is 1.77 bits per heavy atom. The Kier molecular flexibility index (Phi) is 2.77. The molecule has 2 atom stereocenters. The average Bonchev–Trinajstić information content (AvgIpc) is 2.12. The van der Waals surface area contributed by atoms with Gasteiger partial charge in [0.05, 0.1) is 4.32 Å². The van der Waals surface area contributed by atoms with Crippen LogP contribution in [0, 0.1) is 5.92 Å². The summed E-state index contributed by atoms with van der Waals surface area (Å²) < 4.78 is -0.115. The lowest BCUT2D eigenvalue weighted by molar-refractivity contribution is -0.128. The molecule has 0 aromatic rings. The van der Waals surface area contributed by atoms with Gasteiger partial charge in [0.1, 0.15) is 0 Å². The molecule has 2 fully saturated rings. The quantitative estimate of drug-likeness (QED) is 0.597. The SMILES string of the molecule is O=C1C2CCCCCC1(Br)CCC2. The molecular formula is C11H17BrO. The van der Waals surface area contributed by atoms with E-state index in [2.05, 4.69) is 15.9 Å². The van der Waals surface area contributed by atoms with Crippen molar-refractivity contribution in [1.29, 1.82) is 0 Å². The lowest BCUT2D eigenvalue weighted by Crippen LogP contribution is -2.41. The summed E-state index contributed by atoms with van der Waals surface area (Å²) >= 11 is 3.69. The molecule has 2 aliphatic rings. The summed E-state index contributed by atoms with van der Waals surface area (Å²) in [6.45, 7) is 0. The molecule has 2 bridgehead atoms. The van der Waals surface area contributed by atoms with E-state index in [9.17, 15) is 4.79 Å². The third-order valence-electron chi connectivity index (χ3n) is 3.56. The molecule has 0 aromatic carbocycles. The summed E-state index contributed by atoms with van der Waals surface area (Å²) in [6, 6.07) is 0. The molecular weight excluding hydrogens is 228 g/mol. The Bertz CT molecular complexity index is 214. The van der Waals surface area contributed by atoms with Gasteiger partial charge in [0.2, 0.25) is 0 Å². The number of carbonyl (C=O) groups excluding carboxylic acids is 1. The summed E-state index contributed by atoms with van der Waals surface area (Å²) in [5.41, 5.74) is 0. The first-order valence-electron chi connectivity index (χ1n) is 5.46. The molecule has 0 aliphatic heterocycles. The highest BCUT2D eigenvalue weighted by Gasteiger charge is 2.42. The van der Waals surface area contributed by atoms with Gasteiger partial charge in [-0.1, -0.05) is 41.6 Å². The van der Waals surface area contributed by atoms with Gasteiger partial charge in [-0.2, -0.15) is 0 Å². The highest BCUT2D eigenvalue weighted by Crippen LogP contribution is 2.42. The van der Waals surface area contributed by atoms with Gasteiger partial charge in [0.25, 0.3) is 0 Å². The fourth-order valence-electron chi connectivity index (χ4n) is 2.75. The molecule has 2 heteroatoms. The van der Waals surface area contributed by atoms with E-state index >= 15 is 0 Å². The molecule has 0 heterocycles. The Balaban J connectivity index is 2.17. The van der Waals surface area contributed by atoms with Crippen molar-refractivity contribution in [2.75, 3.05) is 0 Å². The summed E-state index contributed by atoms with van der Waals surface area (Å²) in [5, 5.41) is 0. The van der Waals surface area contributed by atoms with Gasteiger partial charge in [0, 0.05) is 5.92 Å². The second-order valence-corrected chi connectivity index (χ2v) is 6.04. The van der Waals surface area contributed by atoms with E-state index in [1.165, 1.54) is 25.7 Å². The van der Waals surface area contributed by atoms with E-state index in [-0.39, 0.29) is 4.32 Å².